The monoisotopic (exact) mass is 366 g/mol. The average molecular weight is 367 g/mol. The highest BCUT2D eigenvalue weighted by atomic mass is 35.5. The van der Waals surface area contributed by atoms with E-state index < -0.39 is 0 Å². The van der Waals surface area contributed by atoms with Gasteiger partial charge >= 0.3 is 0 Å². The van der Waals surface area contributed by atoms with Crippen molar-refractivity contribution < 1.29 is 4.79 Å². The minimum absolute atomic E-state index is 0.166. The van der Waals surface area contributed by atoms with Crippen molar-refractivity contribution in [2.24, 2.45) is 0 Å². The minimum atomic E-state index is -0.166. The van der Waals surface area contributed by atoms with Crippen LogP contribution < -0.4 is 5.32 Å². The normalized spacial score (nSPS) is 10.4. The van der Waals surface area contributed by atoms with E-state index in [2.05, 4.69) is 15.3 Å². The van der Waals surface area contributed by atoms with E-state index in [0.29, 0.717) is 23.2 Å². The van der Waals surface area contributed by atoms with Gasteiger partial charge in [-0.1, -0.05) is 48.0 Å². The van der Waals surface area contributed by atoms with Crippen molar-refractivity contribution in [3.8, 4) is 0 Å². The third-order valence-electron chi connectivity index (χ3n) is 3.91. The van der Waals surface area contributed by atoms with Crippen molar-refractivity contribution in [3.05, 3.63) is 82.6 Å². The smallest absolute Gasteiger partial charge is 0.272 e. The van der Waals surface area contributed by atoms with Crippen LogP contribution >= 0.6 is 11.6 Å². The van der Waals surface area contributed by atoms with E-state index in [4.69, 9.17) is 11.6 Å². The highest BCUT2D eigenvalue weighted by Crippen LogP contribution is 2.22. The second-order valence-corrected chi connectivity index (χ2v) is 6.41. The van der Waals surface area contributed by atoms with Crippen molar-refractivity contribution in [3.63, 3.8) is 0 Å². The highest BCUT2D eigenvalue weighted by molar-refractivity contribution is 6.31. The Morgan fingerprint density at radius 3 is 2.65 bits per heavy atom. The molecule has 132 valence electrons. The number of anilines is 2. The number of aromatic nitrogens is 2. The maximum Gasteiger partial charge on any atom is 0.272 e. The predicted molar refractivity (Wildman–Crippen MR) is 104 cm³/mol. The van der Waals surface area contributed by atoms with Crippen molar-refractivity contribution in [2.45, 2.75) is 13.5 Å². The number of rotatable bonds is 5. The van der Waals surface area contributed by atoms with Crippen LogP contribution in [0.1, 0.15) is 21.6 Å². The van der Waals surface area contributed by atoms with Crippen LogP contribution in [-0.2, 0) is 6.54 Å². The summed E-state index contributed by atoms with van der Waals surface area (Å²) in [7, 11) is 1.75. The van der Waals surface area contributed by atoms with E-state index in [9.17, 15) is 4.79 Å². The molecule has 5 nitrogen and oxygen atoms in total. The number of carbonyl (C=O) groups excluding carboxylic acids is 1. The maximum atomic E-state index is 12.6. The second-order valence-electron chi connectivity index (χ2n) is 6.00. The van der Waals surface area contributed by atoms with Gasteiger partial charge in [-0.15, -0.1) is 0 Å². The molecule has 0 radical (unpaired) electrons. The molecule has 1 aromatic heterocycles. The zero-order valence-electron chi connectivity index (χ0n) is 14.6. The molecule has 0 spiro atoms. The third-order valence-corrected chi connectivity index (χ3v) is 4.32. The molecule has 0 atom stereocenters. The van der Waals surface area contributed by atoms with Gasteiger partial charge in [0.15, 0.2) is 0 Å². The molecular formula is C20H19ClN4O. The van der Waals surface area contributed by atoms with Gasteiger partial charge in [-0.25, -0.2) is 9.97 Å². The van der Waals surface area contributed by atoms with Gasteiger partial charge in [0.05, 0.1) is 0 Å². The first kappa shape index (κ1) is 17.9. The molecule has 0 fully saturated rings. The van der Waals surface area contributed by atoms with E-state index in [1.165, 1.54) is 0 Å². The molecule has 2 aromatic carbocycles. The topological polar surface area (TPSA) is 58.1 Å². The Bertz CT molecular complexity index is 915. The number of aryl methyl sites for hydroxylation is 1. The van der Waals surface area contributed by atoms with E-state index in [-0.39, 0.29) is 5.91 Å². The number of carbonyl (C=O) groups is 1. The van der Waals surface area contributed by atoms with Crippen LogP contribution in [0.25, 0.3) is 0 Å². The summed E-state index contributed by atoms with van der Waals surface area (Å²) < 4.78 is 0. The molecule has 26 heavy (non-hydrogen) atoms. The summed E-state index contributed by atoms with van der Waals surface area (Å²) in [6.45, 7) is 2.45. The summed E-state index contributed by atoms with van der Waals surface area (Å²) in [4.78, 5) is 22.8. The van der Waals surface area contributed by atoms with Crippen molar-refractivity contribution >= 4 is 29.1 Å². The number of nitrogens with zero attached hydrogens (tertiary/aromatic N) is 3. The molecule has 0 saturated carbocycles. The van der Waals surface area contributed by atoms with Gasteiger partial charge in [-0.2, -0.15) is 0 Å². The van der Waals surface area contributed by atoms with Crippen molar-refractivity contribution in [1.29, 1.82) is 0 Å². The lowest BCUT2D eigenvalue weighted by atomic mass is 10.2. The van der Waals surface area contributed by atoms with Crippen molar-refractivity contribution in [2.75, 3.05) is 12.4 Å². The molecule has 3 aromatic rings. The van der Waals surface area contributed by atoms with E-state index >= 15 is 0 Å². The average Bonchev–Trinajstić information content (AvgIpc) is 2.65. The lowest BCUT2D eigenvalue weighted by Gasteiger charge is -2.17. The molecular weight excluding hydrogens is 348 g/mol. The summed E-state index contributed by atoms with van der Waals surface area (Å²) in [6, 6.07) is 17.0. The fourth-order valence-electron chi connectivity index (χ4n) is 2.46. The molecule has 0 aliphatic rings. The summed E-state index contributed by atoms with van der Waals surface area (Å²) in [5.41, 5.74) is 3.15. The fourth-order valence-corrected chi connectivity index (χ4v) is 2.64. The van der Waals surface area contributed by atoms with Gasteiger partial charge in [-0.05, 0) is 36.2 Å². The molecule has 6 heteroatoms. The first-order valence-corrected chi connectivity index (χ1v) is 8.56. The highest BCUT2D eigenvalue weighted by Gasteiger charge is 2.14. The number of hydrogen-bond donors (Lipinski definition) is 1. The zero-order valence-corrected chi connectivity index (χ0v) is 15.4. The summed E-state index contributed by atoms with van der Waals surface area (Å²) in [6.07, 6.45) is 1.56. The van der Waals surface area contributed by atoms with Crippen molar-refractivity contribution in [1.82, 2.24) is 14.9 Å². The first-order chi connectivity index (χ1) is 12.5. The zero-order chi connectivity index (χ0) is 18.5. The van der Waals surface area contributed by atoms with Gasteiger partial charge in [0.25, 0.3) is 5.91 Å². The Hall–Kier alpha value is -2.92. The third kappa shape index (κ3) is 4.37. The Kier molecular flexibility index (Phi) is 5.49. The Balaban J connectivity index is 1.73. The minimum Gasteiger partial charge on any atom is -0.336 e. The van der Waals surface area contributed by atoms with E-state index in [0.717, 1.165) is 16.8 Å². The SMILES string of the molecule is Cc1ccc(Nc2nccc(C(=O)N(C)Cc3ccccc3)n2)cc1Cl. The summed E-state index contributed by atoms with van der Waals surface area (Å²) in [5.74, 6) is 0.185. The standard InChI is InChI=1S/C20H19ClN4O/c1-14-8-9-16(12-17(14)21)23-20-22-11-10-18(24-20)19(26)25(2)13-15-6-4-3-5-7-15/h3-12H,13H2,1-2H3,(H,22,23,24). The van der Waals surface area contributed by atoms with Gasteiger partial charge in [0, 0.05) is 30.5 Å². The van der Waals surface area contributed by atoms with Gasteiger partial charge < -0.3 is 10.2 Å². The summed E-state index contributed by atoms with van der Waals surface area (Å²) >= 11 is 6.14. The maximum absolute atomic E-state index is 12.6. The Morgan fingerprint density at radius 1 is 1.15 bits per heavy atom. The number of nitrogens with one attached hydrogen (secondary N) is 1. The molecule has 1 N–H and O–H groups in total. The van der Waals surface area contributed by atoms with Crippen LogP contribution in [-0.4, -0.2) is 27.8 Å². The van der Waals surface area contributed by atoms with Gasteiger partial charge in [0.1, 0.15) is 5.69 Å². The Labute approximate surface area is 157 Å². The van der Waals surface area contributed by atoms with E-state index in [1.807, 2.05) is 49.4 Å². The van der Waals surface area contributed by atoms with Crippen LogP contribution in [0.5, 0.6) is 0 Å². The molecule has 0 aliphatic heterocycles. The first-order valence-electron chi connectivity index (χ1n) is 8.18. The molecule has 0 saturated heterocycles. The molecule has 3 rings (SSSR count). The quantitative estimate of drug-likeness (QED) is 0.724. The van der Waals surface area contributed by atoms with E-state index in [1.54, 1.807) is 30.3 Å². The lowest BCUT2D eigenvalue weighted by molar-refractivity contribution is 0.0779. The molecule has 1 amide bonds. The fraction of sp³-hybridized carbons (Fsp3) is 0.150. The second kappa shape index (κ2) is 7.97. The van der Waals surface area contributed by atoms with Crippen LogP contribution in [0.15, 0.2) is 60.8 Å². The number of benzene rings is 2. The predicted octanol–water partition coefficient (Wildman–Crippen LogP) is 4.45. The Morgan fingerprint density at radius 2 is 1.92 bits per heavy atom. The van der Waals surface area contributed by atoms with Crippen LogP contribution in [0.4, 0.5) is 11.6 Å². The number of hydrogen-bond acceptors (Lipinski definition) is 4. The van der Waals surface area contributed by atoms with Gasteiger partial charge in [-0.3, -0.25) is 4.79 Å². The van der Waals surface area contributed by atoms with Crippen LogP contribution in [0.3, 0.4) is 0 Å². The number of amides is 1. The molecule has 0 bridgehead atoms. The largest absolute Gasteiger partial charge is 0.336 e. The molecule has 1 heterocycles. The molecule has 0 unspecified atom stereocenters. The lowest BCUT2D eigenvalue weighted by Crippen LogP contribution is -2.27. The van der Waals surface area contributed by atoms with Crippen LogP contribution in [0, 0.1) is 6.92 Å². The molecule has 0 aliphatic carbocycles. The van der Waals surface area contributed by atoms with Crippen LogP contribution in [0.2, 0.25) is 5.02 Å². The number of halogens is 1. The summed E-state index contributed by atoms with van der Waals surface area (Å²) in [5, 5.41) is 3.74. The van der Waals surface area contributed by atoms with Gasteiger partial charge in [0.2, 0.25) is 5.95 Å².